The molecule has 1 N–H and O–H groups in total. The summed E-state index contributed by atoms with van der Waals surface area (Å²) in [4.78, 5) is 2.71. The SMILES string of the molecule is Cc1cn[nH]c1[C@@H]1CCN(C2CCCC2)C1. The van der Waals surface area contributed by atoms with Crippen LogP contribution >= 0.6 is 0 Å². The molecule has 1 aromatic heterocycles. The third-order valence-electron chi connectivity index (χ3n) is 4.34. The largest absolute Gasteiger partial charge is 0.300 e. The minimum atomic E-state index is 0.697. The van der Waals surface area contributed by atoms with Gasteiger partial charge < -0.3 is 0 Å². The molecule has 0 bridgehead atoms. The predicted octanol–water partition coefficient (Wildman–Crippen LogP) is 2.45. The molecule has 3 heteroatoms. The molecule has 1 saturated heterocycles. The van der Waals surface area contributed by atoms with Crippen LogP contribution in [0.2, 0.25) is 0 Å². The van der Waals surface area contributed by atoms with Crippen LogP contribution in [0.3, 0.4) is 0 Å². The fraction of sp³-hybridized carbons (Fsp3) is 0.769. The first kappa shape index (κ1) is 10.3. The number of likely N-dealkylation sites (tertiary alicyclic amines) is 1. The van der Waals surface area contributed by atoms with Gasteiger partial charge >= 0.3 is 0 Å². The third kappa shape index (κ3) is 1.77. The van der Waals surface area contributed by atoms with Crippen LogP contribution in [0.4, 0.5) is 0 Å². The van der Waals surface area contributed by atoms with Crippen LogP contribution in [0.25, 0.3) is 0 Å². The first-order valence-corrected chi connectivity index (χ1v) is 6.58. The zero-order valence-electron chi connectivity index (χ0n) is 10.1. The van der Waals surface area contributed by atoms with Gasteiger partial charge in [0.2, 0.25) is 0 Å². The van der Waals surface area contributed by atoms with Crippen molar-refractivity contribution in [1.29, 1.82) is 0 Å². The van der Waals surface area contributed by atoms with Gasteiger partial charge in [-0.05, 0) is 38.3 Å². The van der Waals surface area contributed by atoms with Crippen LogP contribution in [0.15, 0.2) is 6.20 Å². The number of nitrogens with zero attached hydrogens (tertiary/aromatic N) is 2. The smallest absolute Gasteiger partial charge is 0.0519 e. The second-order valence-corrected chi connectivity index (χ2v) is 5.39. The Kier molecular flexibility index (Phi) is 2.72. The number of aryl methyl sites for hydroxylation is 1. The van der Waals surface area contributed by atoms with E-state index in [9.17, 15) is 0 Å². The van der Waals surface area contributed by atoms with Crippen molar-refractivity contribution in [3.05, 3.63) is 17.5 Å². The molecule has 1 saturated carbocycles. The second kappa shape index (κ2) is 4.21. The number of rotatable bonds is 2. The van der Waals surface area contributed by atoms with Gasteiger partial charge in [-0.25, -0.2) is 0 Å². The Balaban J connectivity index is 1.66. The Morgan fingerprint density at radius 2 is 2.12 bits per heavy atom. The Morgan fingerprint density at radius 1 is 1.31 bits per heavy atom. The Bertz CT molecular complexity index is 352. The van der Waals surface area contributed by atoms with E-state index in [4.69, 9.17) is 0 Å². The van der Waals surface area contributed by atoms with Gasteiger partial charge in [0.05, 0.1) is 6.20 Å². The molecule has 0 spiro atoms. The van der Waals surface area contributed by atoms with Crippen molar-refractivity contribution in [2.75, 3.05) is 13.1 Å². The first-order valence-electron chi connectivity index (χ1n) is 6.58. The molecule has 3 nitrogen and oxygen atoms in total. The molecule has 0 amide bonds. The maximum absolute atomic E-state index is 4.15. The summed E-state index contributed by atoms with van der Waals surface area (Å²) in [7, 11) is 0. The number of hydrogen-bond acceptors (Lipinski definition) is 2. The fourth-order valence-electron chi connectivity index (χ4n) is 3.39. The van der Waals surface area contributed by atoms with Gasteiger partial charge in [-0.3, -0.25) is 10.00 Å². The van der Waals surface area contributed by atoms with Crippen molar-refractivity contribution in [2.45, 2.75) is 51.0 Å². The highest BCUT2D eigenvalue weighted by molar-refractivity contribution is 5.20. The monoisotopic (exact) mass is 219 g/mol. The quantitative estimate of drug-likeness (QED) is 0.828. The number of aromatic amines is 1. The highest BCUT2D eigenvalue weighted by Gasteiger charge is 2.31. The van der Waals surface area contributed by atoms with Crippen LogP contribution in [-0.4, -0.2) is 34.2 Å². The van der Waals surface area contributed by atoms with Crippen molar-refractivity contribution in [3.8, 4) is 0 Å². The lowest BCUT2D eigenvalue weighted by atomic mass is 10.0. The standard InChI is InChI=1S/C13H21N3/c1-10-8-14-15-13(10)11-6-7-16(9-11)12-4-2-3-5-12/h8,11-12H,2-7,9H2,1H3,(H,14,15)/t11-/m1/s1. The van der Waals surface area contributed by atoms with Gasteiger partial charge in [-0.2, -0.15) is 5.10 Å². The van der Waals surface area contributed by atoms with Gasteiger partial charge in [0.1, 0.15) is 0 Å². The lowest BCUT2D eigenvalue weighted by Crippen LogP contribution is -2.30. The van der Waals surface area contributed by atoms with E-state index in [0.29, 0.717) is 5.92 Å². The lowest BCUT2D eigenvalue weighted by Gasteiger charge is -2.23. The highest BCUT2D eigenvalue weighted by atomic mass is 15.2. The van der Waals surface area contributed by atoms with Crippen LogP contribution in [0.1, 0.15) is 49.3 Å². The van der Waals surface area contributed by atoms with Crippen LogP contribution in [-0.2, 0) is 0 Å². The molecular formula is C13H21N3. The highest BCUT2D eigenvalue weighted by Crippen LogP contribution is 2.33. The van der Waals surface area contributed by atoms with Gasteiger partial charge in [0.15, 0.2) is 0 Å². The number of aromatic nitrogens is 2. The van der Waals surface area contributed by atoms with E-state index in [1.807, 2.05) is 6.20 Å². The Labute approximate surface area is 97.2 Å². The molecule has 2 heterocycles. The number of H-pyrrole nitrogens is 1. The average molecular weight is 219 g/mol. The van der Waals surface area contributed by atoms with Crippen molar-refractivity contribution in [3.63, 3.8) is 0 Å². The Morgan fingerprint density at radius 3 is 2.81 bits per heavy atom. The molecule has 2 aliphatic rings. The molecule has 0 aromatic carbocycles. The fourth-order valence-corrected chi connectivity index (χ4v) is 3.39. The summed E-state index contributed by atoms with van der Waals surface area (Å²) in [5.41, 5.74) is 2.71. The van der Waals surface area contributed by atoms with Crippen molar-refractivity contribution in [2.24, 2.45) is 0 Å². The topological polar surface area (TPSA) is 31.9 Å². The molecular weight excluding hydrogens is 198 g/mol. The van der Waals surface area contributed by atoms with E-state index < -0.39 is 0 Å². The van der Waals surface area contributed by atoms with Crippen LogP contribution < -0.4 is 0 Å². The molecule has 3 rings (SSSR count). The third-order valence-corrected chi connectivity index (χ3v) is 4.34. The van der Waals surface area contributed by atoms with E-state index in [1.165, 1.54) is 56.5 Å². The molecule has 1 aliphatic carbocycles. The van der Waals surface area contributed by atoms with Crippen molar-refractivity contribution < 1.29 is 0 Å². The van der Waals surface area contributed by atoms with E-state index in [1.54, 1.807) is 0 Å². The molecule has 0 radical (unpaired) electrons. The summed E-state index contributed by atoms with van der Waals surface area (Å²) < 4.78 is 0. The lowest BCUT2D eigenvalue weighted by molar-refractivity contribution is 0.243. The van der Waals surface area contributed by atoms with Crippen molar-refractivity contribution in [1.82, 2.24) is 15.1 Å². The maximum Gasteiger partial charge on any atom is 0.0519 e. The van der Waals surface area contributed by atoms with E-state index >= 15 is 0 Å². The maximum atomic E-state index is 4.15. The van der Waals surface area contributed by atoms with E-state index in [-0.39, 0.29) is 0 Å². The molecule has 16 heavy (non-hydrogen) atoms. The predicted molar refractivity (Wildman–Crippen MR) is 64.5 cm³/mol. The van der Waals surface area contributed by atoms with E-state index in [2.05, 4.69) is 22.0 Å². The van der Waals surface area contributed by atoms with Gasteiger partial charge in [0.25, 0.3) is 0 Å². The normalized spacial score (nSPS) is 27.9. The summed E-state index contributed by atoms with van der Waals surface area (Å²) >= 11 is 0. The summed E-state index contributed by atoms with van der Waals surface area (Å²) in [5, 5.41) is 7.33. The summed E-state index contributed by atoms with van der Waals surface area (Å²) in [5.74, 6) is 0.697. The summed E-state index contributed by atoms with van der Waals surface area (Å²) in [6, 6.07) is 0.883. The number of nitrogens with one attached hydrogen (secondary N) is 1. The molecule has 1 atom stereocenters. The Hall–Kier alpha value is -0.830. The second-order valence-electron chi connectivity index (χ2n) is 5.39. The van der Waals surface area contributed by atoms with Crippen LogP contribution in [0, 0.1) is 6.92 Å². The van der Waals surface area contributed by atoms with Crippen molar-refractivity contribution >= 4 is 0 Å². The zero-order valence-corrected chi connectivity index (χ0v) is 10.1. The van der Waals surface area contributed by atoms with Gasteiger partial charge in [0, 0.05) is 24.2 Å². The molecule has 1 aromatic rings. The molecule has 2 fully saturated rings. The minimum absolute atomic E-state index is 0.697. The molecule has 0 unspecified atom stereocenters. The molecule has 88 valence electrons. The zero-order chi connectivity index (χ0) is 11.0. The average Bonchev–Trinajstić information content (AvgIpc) is 2.96. The first-order chi connectivity index (χ1) is 7.84. The van der Waals surface area contributed by atoms with Gasteiger partial charge in [-0.15, -0.1) is 0 Å². The summed E-state index contributed by atoms with van der Waals surface area (Å²) in [6.07, 6.45) is 8.99. The van der Waals surface area contributed by atoms with Gasteiger partial charge in [-0.1, -0.05) is 12.8 Å². The summed E-state index contributed by atoms with van der Waals surface area (Å²) in [6.45, 7) is 4.69. The number of hydrogen-bond donors (Lipinski definition) is 1. The molecule has 1 aliphatic heterocycles. The van der Waals surface area contributed by atoms with Crippen LogP contribution in [0.5, 0.6) is 0 Å². The van der Waals surface area contributed by atoms with E-state index in [0.717, 1.165) is 6.04 Å². The minimum Gasteiger partial charge on any atom is -0.300 e.